The fourth-order valence-corrected chi connectivity index (χ4v) is 4.97. The van der Waals surface area contributed by atoms with Crippen LogP contribution in [0.5, 0.6) is 0 Å². The summed E-state index contributed by atoms with van der Waals surface area (Å²) in [6, 6.07) is 4.86. The lowest BCUT2D eigenvalue weighted by molar-refractivity contribution is -0.664. The molecule has 3 atom stereocenters. The highest BCUT2D eigenvalue weighted by molar-refractivity contribution is 7.99. The SMILES string of the molecule is CCN1CCN(C(=O)NC(C(=O)O)[C@H](C)O)C(=O)C1=O.CSCC(=O)O.CSCC(=O)O.O=C(N[C@@H](C(=O)O)c1ccccc1)c1cnc[nH]1.O=C=O.O=COC[NH2+]CSCC(=O)O. The number of nitrogens with one attached hydrogen (secondary N) is 3. The molecule has 11 N–H and O–H groups in total. The average molecular weight is 969 g/mol. The zero-order chi connectivity index (χ0) is 49.6. The van der Waals surface area contributed by atoms with Crippen LogP contribution in [0.1, 0.15) is 35.9 Å². The van der Waals surface area contributed by atoms with Gasteiger partial charge in [-0.3, -0.25) is 38.5 Å². The van der Waals surface area contributed by atoms with Gasteiger partial charge < -0.3 is 61.2 Å². The van der Waals surface area contributed by atoms with Gasteiger partial charge in [-0.25, -0.2) is 19.4 Å². The minimum Gasteiger partial charge on any atom is -0.481 e. The first-order valence-corrected chi connectivity index (χ1v) is 21.6. The number of rotatable bonds is 19. The Kier molecular flexibility index (Phi) is 36.9. The highest BCUT2D eigenvalue weighted by Gasteiger charge is 2.37. The average Bonchev–Trinajstić information content (AvgIpc) is 3.78. The van der Waals surface area contributed by atoms with Crippen molar-refractivity contribution in [3.8, 4) is 0 Å². The van der Waals surface area contributed by atoms with Gasteiger partial charge in [-0.05, 0) is 31.9 Å². The van der Waals surface area contributed by atoms with Crippen LogP contribution in [-0.2, 0) is 52.7 Å². The second-order valence-corrected chi connectivity index (χ2v) is 14.1. The van der Waals surface area contributed by atoms with Crippen molar-refractivity contribution in [2.75, 3.05) is 62.0 Å². The Bertz CT molecular complexity index is 1770. The van der Waals surface area contributed by atoms with Gasteiger partial charge in [-0.2, -0.15) is 33.1 Å². The standard InChI is InChI=1S/C12H11N3O3.C11H17N3O6.C5H9NO4S.2C3H6O2S.CO2/c16-11(9-6-13-7-14-9)15-10(12(17)18)8-4-2-1-3-5-8;1-3-13-4-5-14(9(17)8(13)16)11(20)12-7(6(2)15)10(18)19;7-4-10-2-6-3-11-1-5(8)9;2*1-6-2-3(4)5;2-1-3/h1-7,10H,(H,13,14)(H,15,16)(H,17,18);6-7,15H,3-5H2,1-2H3,(H,12,20)(H,18,19);4,6H,1-3H2,(H,8,9);2*2H2,1H3,(H,4,5);/p+1/t10-;6-,7?;;;;/m10..../s1. The summed E-state index contributed by atoms with van der Waals surface area (Å²) in [7, 11) is 0. The molecule has 2 heterocycles. The lowest BCUT2D eigenvalue weighted by atomic mass is 10.1. The molecular formula is C35H50N7O19S3+. The molecule has 26 nitrogen and oxygen atoms in total. The third-order valence-corrected chi connectivity index (χ3v) is 8.63. The minimum absolute atomic E-state index is 0.0175. The highest BCUT2D eigenvalue weighted by atomic mass is 32.2. The van der Waals surface area contributed by atoms with E-state index in [2.05, 4.69) is 20.0 Å². The van der Waals surface area contributed by atoms with E-state index in [4.69, 9.17) is 35.1 Å². The van der Waals surface area contributed by atoms with Crippen LogP contribution >= 0.6 is 35.3 Å². The number of aromatic amines is 1. The Labute approximate surface area is 377 Å². The van der Waals surface area contributed by atoms with Crippen molar-refractivity contribution >= 4 is 102 Å². The number of amides is 5. The number of aromatic nitrogens is 2. The number of carbonyl (C=O) groups is 10. The molecule has 0 bridgehead atoms. The lowest BCUT2D eigenvalue weighted by Crippen LogP contribution is -2.84. The molecular weight excluding hydrogens is 919 g/mol. The van der Waals surface area contributed by atoms with Crippen LogP contribution in [0.2, 0.25) is 0 Å². The van der Waals surface area contributed by atoms with E-state index in [9.17, 15) is 53.1 Å². The Morgan fingerprint density at radius 2 is 1.44 bits per heavy atom. The number of hydrogen-bond acceptors (Lipinski definition) is 18. The molecule has 5 amide bonds. The fourth-order valence-electron chi connectivity index (χ4n) is 3.92. The highest BCUT2D eigenvalue weighted by Crippen LogP contribution is 2.13. The van der Waals surface area contributed by atoms with Crippen LogP contribution < -0.4 is 16.0 Å². The number of aliphatic carboxylic acids is 5. The molecule has 1 saturated heterocycles. The number of thioether (sulfide) groups is 3. The molecule has 0 aliphatic carbocycles. The summed E-state index contributed by atoms with van der Waals surface area (Å²) in [5.74, 6) is -6.12. The molecule has 29 heteroatoms. The van der Waals surface area contributed by atoms with E-state index < -0.39 is 71.8 Å². The molecule has 64 heavy (non-hydrogen) atoms. The van der Waals surface area contributed by atoms with Crippen molar-refractivity contribution in [1.29, 1.82) is 0 Å². The number of benzene rings is 1. The van der Waals surface area contributed by atoms with Gasteiger partial charge in [0.2, 0.25) is 6.73 Å². The number of nitrogens with zero attached hydrogens (tertiary/aromatic N) is 3. The zero-order valence-corrected chi connectivity index (χ0v) is 37.1. The van der Waals surface area contributed by atoms with E-state index in [-0.39, 0.29) is 48.9 Å². The van der Waals surface area contributed by atoms with Gasteiger partial charge >= 0.3 is 53.8 Å². The number of piperazine rings is 1. The van der Waals surface area contributed by atoms with Gasteiger partial charge in [0.25, 0.3) is 12.4 Å². The van der Waals surface area contributed by atoms with Gasteiger partial charge in [0.1, 0.15) is 11.6 Å². The normalized spacial score (nSPS) is 12.4. The van der Waals surface area contributed by atoms with Gasteiger partial charge in [-0.15, -0.1) is 0 Å². The number of carboxylic acids is 5. The number of hydrogen-bond donors (Lipinski definition) is 10. The monoisotopic (exact) mass is 968 g/mol. The van der Waals surface area contributed by atoms with Gasteiger partial charge in [-0.1, -0.05) is 42.1 Å². The van der Waals surface area contributed by atoms with Crippen molar-refractivity contribution in [3.05, 3.63) is 54.1 Å². The summed E-state index contributed by atoms with van der Waals surface area (Å²) >= 11 is 3.88. The predicted octanol–water partition coefficient (Wildman–Crippen LogP) is -2.07. The molecule has 3 rings (SSSR count). The molecule has 0 saturated carbocycles. The van der Waals surface area contributed by atoms with Crippen LogP contribution in [0.4, 0.5) is 4.79 Å². The molecule has 0 spiro atoms. The van der Waals surface area contributed by atoms with Crippen LogP contribution in [0.15, 0.2) is 42.9 Å². The van der Waals surface area contributed by atoms with Crippen molar-refractivity contribution in [2.45, 2.75) is 32.0 Å². The summed E-state index contributed by atoms with van der Waals surface area (Å²) < 4.78 is 4.34. The number of ether oxygens (including phenoxy) is 1. The minimum atomic E-state index is -1.55. The van der Waals surface area contributed by atoms with Crippen molar-refractivity contribution in [2.24, 2.45) is 0 Å². The molecule has 356 valence electrons. The number of imidazole rings is 1. The van der Waals surface area contributed by atoms with E-state index >= 15 is 0 Å². The quantitative estimate of drug-likeness (QED) is 0.0313. The molecule has 2 aromatic rings. The van der Waals surface area contributed by atoms with E-state index in [0.29, 0.717) is 29.4 Å². The maximum Gasteiger partial charge on any atom is 0.373 e. The summed E-state index contributed by atoms with van der Waals surface area (Å²) in [6.07, 6.45) is 5.12. The number of quaternary nitrogens is 1. The topological polar surface area (TPSA) is 411 Å². The fraction of sp³-hybridized carbons (Fsp3) is 0.429. The molecule has 1 fully saturated rings. The summed E-state index contributed by atoms with van der Waals surface area (Å²) in [6.45, 7) is 4.03. The molecule has 1 aromatic heterocycles. The molecule has 1 aromatic carbocycles. The van der Waals surface area contributed by atoms with E-state index in [0.717, 1.165) is 0 Å². The number of H-pyrrole nitrogens is 1. The van der Waals surface area contributed by atoms with E-state index in [1.807, 2.05) is 5.32 Å². The van der Waals surface area contributed by atoms with Crippen molar-refractivity contribution in [3.63, 3.8) is 0 Å². The first-order valence-electron chi connectivity index (χ1n) is 17.7. The summed E-state index contributed by atoms with van der Waals surface area (Å²) in [5.41, 5.74) is 0.732. The first kappa shape index (κ1) is 61.8. The largest absolute Gasteiger partial charge is 0.481 e. The van der Waals surface area contributed by atoms with Crippen LogP contribution in [0, 0.1) is 0 Å². The molecule has 0 radical (unpaired) electrons. The third kappa shape index (κ3) is 30.5. The number of likely N-dealkylation sites (N-methyl/N-ethyl adjacent to an activating group) is 1. The van der Waals surface area contributed by atoms with Crippen molar-refractivity contribution < 1.29 is 98.2 Å². The van der Waals surface area contributed by atoms with Crippen LogP contribution in [0.25, 0.3) is 0 Å². The number of imide groups is 1. The van der Waals surface area contributed by atoms with Crippen LogP contribution in [-0.4, -0.2) is 191 Å². The lowest BCUT2D eigenvalue weighted by Gasteiger charge is -2.32. The maximum absolute atomic E-state index is 11.8. The molecule has 1 aliphatic rings. The number of urea groups is 1. The molecule has 1 unspecified atom stereocenters. The second-order valence-electron chi connectivity index (χ2n) is 11.3. The van der Waals surface area contributed by atoms with Gasteiger partial charge in [0.05, 0.1) is 35.9 Å². The zero-order valence-electron chi connectivity index (χ0n) is 34.6. The maximum atomic E-state index is 11.8. The molecule has 1 aliphatic heterocycles. The Morgan fingerprint density at radius 3 is 1.83 bits per heavy atom. The van der Waals surface area contributed by atoms with E-state index in [1.165, 1.54) is 59.6 Å². The van der Waals surface area contributed by atoms with Gasteiger partial charge in [0.15, 0.2) is 12.1 Å². The van der Waals surface area contributed by atoms with Gasteiger partial charge in [0, 0.05) is 19.6 Å². The third-order valence-electron chi connectivity index (χ3n) is 6.64. The number of aliphatic hydroxyl groups is 1. The van der Waals surface area contributed by atoms with Crippen molar-refractivity contribution in [1.82, 2.24) is 30.4 Å². The number of aliphatic hydroxyl groups excluding tert-OH is 1. The first-order chi connectivity index (χ1) is 30.2. The number of nitrogens with two attached hydrogens (primary N) is 1. The Hall–Kier alpha value is -6.52. The summed E-state index contributed by atoms with van der Waals surface area (Å²) in [5, 5.41) is 57.3. The van der Waals surface area contributed by atoms with E-state index in [1.54, 1.807) is 55.1 Å². The number of carboxylic acid groups (broad SMARTS) is 5. The second kappa shape index (κ2) is 38.2. The smallest absolute Gasteiger partial charge is 0.373 e. The predicted molar refractivity (Wildman–Crippen MR) is 224 cm³/mol. The number of carbonyl (C=O) groups excluding carboxylic acids is 7. The van der Waals surface area contributed by atoms with Crippen LogP contribution in [0.3, 0.4) is 0 Å². The Balaban J connectivity index is -0.000000769. The summed E-state index contributed by atoms with van der Waals surface area (Å²) in [4.78, 5) is 132. The Morgan fingerprint density at radius 1 is 0.891 bits per heavy atom.